The minimum Gasteiger partial charge on any atom is -0.449 e. The summed E-state index contributed by atoms with van der Waals surface area (Å²) in [5.74, 6) is -1.15. The van der Waals surface area contributed by atoms with E-state index in [1.54, 1.807) is 24.3 Å². The topological polar surface area (TPSA) is 172 Å². The number of nitrogens with two attached hydrogens (primary N) is 1. The Balaban J connectivity index is 1.25. The van der Waals surface area contributed by atoms with Gasteiger partial charge in [-0.3, -0.25) is 9.59 Å². The van der Waals surface area contributed by atoms with Crippen molar-refractivity contribution in [2.75, 3.05) is 18.5 Å². The lowest BCUT2D eigenvalue weighted by Gasteiger charge is -2.27. The maximum atomic E-state index is 13.8. The first kappa shape index (κ1) is 32.5. The average Bonchev–Trinajstić information content (AvgIpc) is 3.71. The maximum Gasteiger partial charge on any atom is 0.407 e. The molecule has 0 heterocycles. The third kappa shape index (κ3) is 8.02. The molecule has 1 fully saturated rings. The second kappa shape index (κ2) is 15.4. The van der Waals surface area contributed by atoms with E-state index in [1.165, 1.54) is 0 Å². The molecule has 3 aromatic carbocycles. The number of hydrogen-bond donors (Lipinski definition) is 6. The van der Waals surface area contributed by atoms with Crippen LogP contribution in [0.4, 0.5) is 15.3 Å². The number of anilines is 1. The number of hydrogen-bond acceptors (Lipinski definition) is 6. The van der Waals surface area contributed by atoms with Crippen LogP contribution in [0.1, 0.15) is 61.1 Å². The van der Waals surface area contributed by atoms with Gasteiger partial charge in [0.2, 0.25) is 11.8 Å². The van der Waals surface area contributed by atoms with Crippen molar-refractivity contribution in [2.24, 2.45) is 11.7 Å². The Hall–Kier alpha value is -4.90. The van der Waals surface area contributed by atoms with Crippen molar-refractivity contribution in [2.45, 2.75) is 63.1 Å². The second-order valence-corrected chi connectivity index (χ2v) is 11.8. The van der Waals surface area contributed by atoms with Gasteiger partial charge in [0.25, 0.3) is 0 Å². The molecule has 11 heteroatoms. The van der Waals surface area contributed by atoms with Gasteiger partial charge in [-0.2, -0.15) is 0 Å². The molecule has 0 radical (unpaired) electrons. The highest BCUT2D eigenvalue weighted by Gasteiger charge is 2.35. The number of alkyl carbamates (subject to hydrolysis) is 1. The number of aliphatic hydroxyl groups excluding tert-OH is 1. The zero-order valence-electron chi connectivity index (χ0n) is 25.7. The quantitative estimate of drug-likeness (QED) is 0.155. The van der Waals surface area contributed by atoms with Crippen LogP contribution in [-0.4, -0.2) is 54.3 Å². The number of rotatable bonds is 13. The predicted octanol–water partition coefficient (Wildman–Crippen LogP) is 4.15. The number of nitrogens with one attached hydrogen (secondary N) is 4. The molecule has 0 aromatic heterocycles. The first-order valence-electron chi connectivity index (χ1n) is 15.8. The van der Waals surface area contributed by atoms with E-state index in [0.717, 1.165) is 47.9 Å². The van der Waals surface area contributed by atoms with Gasteiger partial charge >= 0.3 is 12.1 Å². The van der Waals surface area contributed by atoms with E-state index >= 15 is 0 Å². The van der Waals surface area contributed by atoms with Crippen molar-refractivity contribution in [3.63, 3.8) is 0 Å². The first-order valence-corrected chi connectivity index (χ1v) is 15.8. The van der Waals surface area contributed by atoms with Crippen LogP contribution in [0.15, 0.2) is 72.8 Å². The van der Waals surface area contributed by atoms with Crippen molar-refractivity contribution < 1.29 is 29.0 Å². The number of primary amides is 1. The number of amides is 5. The van der Waals surface area contributed by atoms with Crippen LogP contribution in [0.3, 0.4) is 0 Å². The van der Waals surface area contributed by atoms with Gasteiger partial charge in [-0.05, 0) is 71.6 Å². The van der Waals surface area contributed by atoms with Gasteiger partial charge in [0.05, 0.1) is 6.61 Å². The Bertz CT molecular complexity index is 1490. The standard InChI is InChI=1S/C35H41N5O6/c36-34(44)37-19-7-14-30(32(42)38-24-17-15-22(20-41)16-18-24)39-33(43)31(23-8-1-2-9-23)40-35(45)46-21-29-27-12-5-3-10-25(27)26-11-4-6-13-28(26)29/h3-6,10-13,15-18,23,29-31,41H,1-2,7-9,14,19-21H2,(H,38,42)(H,39,43)(H,40,45)(H3,36,37,44). The summed E-state index contributed by atoms with van der Waals surface area (Å²) in [4.78, 5) is 51.5. The molecule has 2 atom stereocenters. The Labute approximate surface area is 268 Å². The van der Waals surface area contributed by atoms with E-state index in [-0.39, 0.29) is 38.0 Å². The second-order valence-electron chi connectivity index (χ2n) is 11.8. The molecule has 0 spiro atoms. The lowest BCUT2D eigenvalue weighted by atomic mass is 9.96. The van der Waals surface area contributed by atoms with E-state index in [0.29, 0.717) is 17.7 Å². The minimum atomic E-state index is -0.951. The van der Waals surface area contributed by atoms with Crippen LogP contribution in [0.25, 0.3) is 11.1 Å². The SMILES string of the molecule is NC(=O)NCCCC(NC(=O)C(NC(=O)OCC1c2ccccc2-c2ccccc21)C1CCCC1)C(=O)Nc1ccc(CO)cc1. The molecule has 0 aliphatic heterocycles. The van der Waals surface area contributed by atoms with Gasteiger partial charge in [-0.1, -0.05) is 73.5 Å². The van der Waals surface area contributed by atoms with Gasteiger partial charge in [0.15, 0.2) is 0 Å². The van der Waals surface area contributed by atoms with Gasteiger partial charge in [0, 0.05) is 18.2 Å². The Morgan fingerprint density at radius 1 is 0.848 bits per heavy atom. The number of carbonyl (C=O) groups excluding carboxylic acids is 4. The van der Waals surface area contributed by atoms with E-state index in [9.17, 15) is 24.3 Å². The fourth-order valence-electron chi connectivity index (χ4n) is 6.43. The summed E-state index contributed by atoms with van der Waals surface area (Å²) in [5.41, 5.74) is 10.8. The van der Waals surface area contributed by atoms with Crippen molar-refractivity contribution in [3.05, 3.63) is 89.5 Å². The molecule has 242 valence electrons. The van der Waals surface area contributed by atoms with Crippen molar-refractivity contribution >= 4 is 29.6 Å². The van der Waals surface area contributed by atoms with Crippen molar-refractivity contribution in [3.8, 4) is 11.1 Å². The van der Waals surface area contributed by atoms with Crippen molar-refractivity contribution in [1.29, 1.82) is 0 Å². The molecule has 11 nitrogen and oxygen atoms in total. The number of carbonyl (C=O) groups is 4. The van der Waals surface area contributed by atoms with Crippen LogP contribution in [0, 0.1) is 5.92 Å². The van der Waals surface area contributed by atoms with Gasteiger partial charge in [-0.25, -0.2) is 9.59 Å². The number of fused-ring (bicyclic) bond motifs is 3. The molecule has 2 unspecified atom stereocenters. The third-order valence-electron chi connectivity index (χ3n) is 8.78. The molecule has 3 aromatic rings. The third-order valence-corrected chi connectivity index (χ3v) is 8.78. The molecule has 2 aliphatic carbocycles. The summed E-state index contributed by atoms with van der Waals surface area (Å²) < 4.78 is 5.75. The van der Waals surface area contributed by atoms with Crippen LogP contribution in [0.5, 0.6) is 0 Å². The minimum absolute atomic E-state index is 0.105. The molecule has 2 aliphatic rings. The van der Waals surface area contributed by atoms with Gasteiger partial charge in [-0.15, -0.1) is 0 Å². The molecule has 5 rings (SSSR count). The van der Waals surface area contributed by atoms with E-state index < -0.39 is 36.0 Å². The Kier molecular flexibility index (Phi) is 10.9. The monoisotopic (exact) mass is 627 g/mol. The summed E-state index contributed by atoms with van der Waals surface area (Å²) in [6, 6.07) is 20.3. The lowest BCUT2D eigenvalue weighted by molar-refractivity contribution is -0.128. The normalized spacial score (nSPS) is 15.2. The van der Waals surface area contributed by atoms with Gasteiger partial charge in [0.1, 0.15) is 18.7 Å². The van der Waals surface area contributed by atoms with E-state index in [4.69, 9.17) is 10.5 Å². The number of ether oxygens (including phenoxy) is 1. The van der Waals surface area contributed by atoms with Crippen LogP contribution in [-0.2, 0) is 20.9 Å². The fourth-order valence-corrected chi connectivity index (χ4v) is 6.43. The summed E-state index contributed by atoms with van der Waals surface area (Å²) in [6.07, 6.45) is 3.30. The maximum absolute atomic E-state index is 13.8. The largest absolute Gasteiger partial charge is 0.449 e. The zero-order valence-corrected chi connectivity index (χ0v) is 25.7. The first-order chi connectivity index (χ1) is 22.3. The molecule has 1 saturated carbocycles. The van der Waals surface area contributed by atoms with Crippen LogP contribution in [0.2, 0.25) is 0 Å². The van der Waals surface area contributed by atoms with E-state index in [2.05, 4.69) is 33.4 Å². The van der Waals surface area contributed by atoms with Gasteiger partial charge < -0.3 is 36.8 Å². The highest BCUT2D eigenvalue weighted by molar-refractivity contribution is 5.98. The molecule has 0 bridgehead atoms. The molecule has 46 heavy (non-hydrogen) atoms. The predicted molar refractivity (Wildman–Crippen MR) is 174 cm³/mol. The van der Waals surface area contributed by atoms with Crippen LogP contribution < -0.4 is 27.0 Å². The Morgan fingerprint density at radius 3 is 2.09 bits per heavy atom. The summed E-state index contributed by atoms with van der Waals surface area (Å²) in [5, 5.41) is 20.3. The number of benzene rings is 3. The highest BCUT2D eigenvalue weighted by Crippen LogP contribution is 2.44. The smallest absolute Gasteiger partial charge is 0.407 e. The summed E-state index contributed by atoms with van der Waals surface area (Å²) >= 11 is 0. The lowest BCUT2D eigenvalue weighted by Crippen LogP contribution is -2.55. The number of aliphatic hydroxyl groups is 1. The van der Waals surface area contributed by atoms with E-state index in [1.807, 2.05) is 36.4 Å². The van der Waals surface area contributed by atoms with Crippen molar-refractivity contribution in [1.82, 2.24) is 16.0 Å². The summed E-state index contributed by atoms with van der Waals surface area (Å²) in [6.45, 7) is 0.217. The Morgan fingerprint density at radius 2 is 1.48 bits per heavy atom. The molecule has 0 saturated heterocycles. The molecule has 5 amide bonds. The molecule has 7 N–H and O–H groups in total. The molecular weight excluding hydrogens is 586 g/mol. The molecular formula is C35H41N5O6. The average molecular weight is 628 g/mol. The number of urea groups is 1. The van der Waals surface area contributed by atoms with Crippen LogP contribution >= 0.6 is 0 Å². The summed E-state index contributed by atoms with van der Waals surface area (Å²) in [7, 11) is 0. The zero-order chi connectivity index (χ0) is 32.5. The highest BCUT2D eigenvalue weighted by atomic mass is 16.5. The fraction of sp³-hybridized carbons (Fsp3) is 0.371.